The van der Waals surface area contributed by atoms with Gasteiger partial charge < -0.3 is 9.47 Å². The maximum absolute atomic E-state index is 11.0. The van der Waals surface area contributed by atoms with Crippen LogP contribution in [0.1, 0.15) is 32.1 Å². The Labute approximate surface area is 78.4 Å². The van der Waals surface area contributed by atoms with Gasteiger partial charge in [0.05, 0.1) is 18.8 Å². The molecule has 0 bridgehead atoms. The second-order valence-electron chi connectivity index (χ2n) is 3.86. The molecule has 2 aliphatic rings. The van der Waals surface area contributed by atoms with Crippen LogP contribution in [0.2, 0.25) is 0 Å². The van der Waals surface area contributed by atoms with E-state index in [-0.39, 0.29) is 0 Å². The summed E-state index contributed by atoms with van der Waals surface area (Å²) in [7, 11) is 0. The van der Waals surface area contributed by atoms with Crippen LogP contribution in [0, 0.1) is 0 Å². The number of carbonyl (C=O) groups excluding carboxylic acids is 1. The molecule has 0 radical (unpaired) electrons. The van der Waals surface area contributed by atoms with Gasteiger partial charge in [0.15, 0.2) is 0 Å². The van der Waals surface area contributed by atoms with E-state index < -0.39 is 0 Å². The summed E-state index contributed by atoms with van der Waals surface area (Å²) in [5.41, 5.74) is 0. The lowest BCUT2D eigenvalue weighted by Crippen LogP contribution is -2.27. The molecule has 0 aromatic rings. The minimum absolute atomic E-state index is 0.290. The Balaban J connectivity index is 1.72. The lowest BCUT2D eigenvalue weighted by atomic mass is 9.96. The molecule has 0 aromatic carbocycles. The predicted molar refractivity (Wildman–Crippen MR) is 47.6 cm³/mol. The van der Waals surface area contributed by atoms with Gasteiger partial charge in [0.2, 0.25) is 0 Å². The first-order chi connectivity index (χ1) is 6.34. The topological polar surface area (TPSA) is 35.5 Å². The molecule has 1 aliphatic heterocycles. The van der Waals surface area contributed by atoms with E-state index in [1.807, 2.05) is 0 Å². The van der Waals surface area contributed by atoms with Crippen LogP contribution in [0.15, 0.2) is 0 Å². The summed E-state index contributed by atoms with van der Waals surface area (Å²) in [6.07, 6.45) is 4.86. The smallest absolute Gasteiger partial charge is 0.133 e. The van der Waals surface area contributed by atoms with Crippen LogP contribution in [0.5, 0.6) is 0 Å². The van der Waals surface area contributed by atoms with Crippen molar-refractivity contribution in [3.63, 3.8) is 0 Å². The first-order valence-electron chi connectivity index (χ1n) is 5.09. The molecule has 0 aromatic heterocycles. The molecule has 0 N–H and O–H groups in total. The van der Waals surface area contributed by atoms with Crippen molar-refractivity contribution in [2.24, 2.45) is 0 Å². The van der Waals surface area contributed by atoms with Gasteiger partial charge in [0.25, 0.3) is 0 Å². The number of Topliss-reactive ketones (excluding diaryl/α,β-unsaturated/α-hetero) is 1. The van der Waals surface area contributed by atoms with Gasteiger partial charge in [0.1, 0.15) is 5.78 Å². The third kappa shape index (κ3) is 2.51. The summed E-state index contributed by atoms with van der Waals surface area (Å²) in [5, 5.41) is 0. The van der Waals surface area contributed by atoms with Crippen molar-refractivity contribution in [2.45, 2.75) is 44.3 Å². The summed E-state index contributed by atoms with van der Waals surface area (Å²) < 4.78 is 11.1. The molecular formula is C10H16O3. The minimum atomic E-state index is 0.290. The molecule has 1 aliphatic carbocycles. The Kier molecular flexibility index (Phi) is 2.96. The van der Waals surface area contributed by atoms with Crippen molar-refractivity contribution in [1.82, 2.24) is 0 Å². The molecule has 1 heterocycles. The lowest BCUT2D eigenvalue weighted by Gasteiger charge is -2.24. The Morgan fingerprint density at radius 1 is 1.15 bits per heavy atom. The van der Waals surface area contributed by atoms with E-state index in [9.17, 15) is 4.79 Å². The molecule has 1 saturated carbocycles. The second kappa shape index (κ2) is 4.20. The number of carbonyl (C=O) groups is 1. The van der Waals surface area contributed by atoms with Crippen LogP contribution < -0.4 is 0 Å². The first kappa shape index (κ1) is 9.16. The monoisotopic (exact) mass is 184 g/mol. The third-order valence-electron chi connectivity index (χ3n) is 2.76. The SMILES string of the molecule is O=C1CCC(OC2CCOC2)CC1. The Morgan fingerprint density at radius 2 is 1.92 bits per heavy atom. The molecular weight excluding hydrogens is 168 g/mol. The summed E-state index contributed by atoms with van der Waals surface area (Å²) in [6, 6.07) is 0. The Hall–Kier alpha value is -0.410. The van der Waals surface area contributed by atoms with Crippen molar-refractivity contribution in [1.29, 1.82) is 0 Å². The average Bonchev–Trinajstić information content (AvgIpc) is 2.62. The molecule has 0 spiro atoms. The normalized spacial score (nSPS) is 31.1. The first-order valence-corrected chi connectivity index (χ1v) is 5.09. The molecule has 1 saturated heterocycles. The van der Waals surface area contributed by atoms with Gasteiger partial charge in [-0.25, -0.2) is 0 Å². The third-order valence-corrected chi connectivity index (χ3v) is 2.76. The van der Waals surface area contributed by atoms with E-state index >= 15 is 0 Å². The highest BCUT2D eigenvalue weighted by atomic mass is 16.5. The van der Waals surface area contributed by atoms with Crippen LogP contribution >= 0.6 is 0 Å². The zero-order chi connectivity index (χ0) is 9.10. The lowest BCUT2D eigenvalue weighted by molar-refractivity contribution is -0.124. The Morgan fingerprint density at radius 3 is 2.54 bits per heavy atom. The van der Waals surface area contributed by atoms with Gasteiger partial charge in [0, 0.05) is 19.4 Å². The highest BCUT2D eigenvalue weighted by Crippen LogP contribution is 2.21. The van der Waals surface area contributed by atoms with E-state index in [1.165, 1.54) is 0 Å². The number of ketones is 1. The number of ether oxygens (including phenoxy) is 2. The summed E-state index contributed by atoms with van der Waals surface area (Å²) in [5.74, 6) is 0.391. The van der Waals surface area contributed by atoms with Crippen molar-refractivity contribution < 1.29 is 14.3 Å². The molecule has 1 unspecified atom stereocenters. The average molecular weight is 184 g/mol. The van der Waals surface area contributed by atoms with Gasteiger partial charge in [-0.3, -0.25) is 4.79 Å². The molecule has 13 heavy (non-hydrogen) atoms. The minimum Gasteiger partial charge on any atom is -0.379 e. The summed E-state index contributed by atoms with van der Waals surface area (Å²) in [6.45, 7) is 1.57. The number of hydrogen-bond donors (Lipinski definition) is 0. The maximum Gasteiger partial charge on any atom is 0.133 e. The molecule has 2 rings (SSSR count). The van der Waals surface area contributed by atoms with Crippen LogP contribution in [0.4, 0.5) is 0 Å². The Bertz CT molecular complexity index is 175. The molecule has 0 amide bonds. The highest BCUT2D eigenvalue weighted by Gasteiger charge is 2.24. The van der Waals surface area contributed by atoms with E-state index in [0.717, 1.165) is 32.5 Å². The quantitative estimate of drug-likeness (QED) is 0.649. The van der Waals surface area contributed by atoms with E-state index in [4.69, 9.17) is 9.47 Å². The van der Waals surface area contributed by atoms with Crippen molar-refractivity contribution >= 4 is 5.78 Å². The van der Waals surface area contributed by atoms with Gasteiger partial charge in [-0.15, -0.1) is 0 Å². The highest BCUT2D eigenvalue weighted by molar-refractivity contribution is 5.79. The van der Waals surface area contributed by atoms with Crippen molar-refractivity contribution in [3.8, 4) is 0 Å². The van der Waals surface area contributed by atoms with Gasteiger partial charge in [-0.1, -0.05) is 0 Å². The zero-order valence-corrected chi connectivity index (χ0v) is 7.83. The fraction of sp³-hybridized carbons (Fsp3) is 0.900. The van der Waals surface area contributed by atoms with Crippen molar-refractivity contribution in [3.05, 3.63) is 0 Å². The second-order valence-corrected chi connectivity index (χ2v) is 3.86. The van der Waals surface area contributed by atoms with E-state index in [2.05, 4.69) is 0 Å². The molecule has 3 nitrogen and oxygen atoms in total. The van der Waals surface area contributed by atoms with Gasteiger partial charge in [-0.2, -0.15) is 0 Å². The van der Waals surface area contributed by atoms with E-state index in [0.29, 0.717) is 30.8 Å². The van der Waals surface area contributed by atoms with Crippen LogP contribution in [-0.2, 0) is 14.3 Å². The largest absolute Gasteiger partial charge is 0.379 e. The molecule has 1 atom stereocenters. The summed E-state index contributed by atoms with van der Waals surface area (Å²) in [4.78, 5) is 11.0. The maximum atomic E-state index is 11.0. The molecule has 74 valence electrons. The van der Waals surface area contributed by atoms with E-state index in [1.54, 1.807) is 0 Å². The number of hydrogen-bond acceptors (Lipinski definition) is 3. The predicted octanol–water partition coefficient (Wildman–Crippen LogP) is 1.30. The van der Waals surface area contributed by atoms with Crippen molar-refractivity contribution in [2.75, 3.05) is 13.2 Å². The van der Waals surface area contributed by atoms with Crippen LogP contribution in [-0.4, -0.2) is 31.2 Å². The van der Waals surface area contributed by atoms with Crippen LogP contribution in [0.25, 0.3) is 0 Å². The number of rotatable bonds is 2. The van der Waals surface area contributed by atoms with Gasteiger partial charge in [-0.05, 0) is 19.3 Å². The standard InChI is InChI=1S/C10H16O3/c11-8-1-3-9(4-2-8)13-10-5-6-12-7-10/h9-10H,1-7H2. The van der Waals surface area contributed by atoms with Gasteiger partial charge >= 0.3 is 0 Å². The molecule has 2 fully saturated rings. The van der Waals surface area contributed by atoms with Crippen LogP contribution in [0.3, 0.4) is 0 Å². The fourth-order valence-corrected chi connectivity index (χ4v) is 1.94. The summed E-state index contributed by atoms with van der Waals surface area (Å²) >= 11 is 0. The fourth-order valence-electron chi connectivity index (χ4n) is 1.94. The molecule has 3 heteroatoms. The zero-order valence-electron chi connectivity index (χ0n) is 7.83.